The molecule has 1 aromatic rings. The number of unbranched alkanes of at least 4 members (excludes halogenated alkanes) is 1. The Morgan fingerprint density at radius 1 is 1.17 bits per heavy atom. The molecular weight excluding hydrogens is 314 g/mol. The van der Waals surface area contributed by atoms with Gasteiger partial charge in [-0.2, -0.15) is 0 Å². The maximum Gasteiger partial charge on any atom is 0.407 e. The number of amides is 1. The SMILES string of the molecule is CS(=O)(=O)c1ccc(CCCCC2CCN(C(=O)O)CC2)cc1. The zero-order chi connectivity index (χ0) is 16.9. The lowest BCUT2D eigenvalue weighted by Crippen LogP contribution is -2.37. The molecule has 1 saturated heterocycles. The van der Waals surface area contributed by atoms with Gasteiger partial charge in [-0.05, 0) is 49.3 Å². The molecule has 0 aliphatic carbocycles. The van der Waals surface area contributed by atoms with Crippen LogP contribution in [0.15, 0.2) is 29.2 Å². The van der Waals surface area contributed by atoms with Gasteiger partial charge in [0, 0.05) is 19.3 Å². The van der Waals surface area contributed by atoms with Gasteiger partial charge in [-0.25, -0.2) is 13.2 Å². The van der Waals surface area contributed by atoms with Crippen LogP contribution >= 0.6 is 0 Å². The lowest BCUT2D eigenvalue weighted by molar-refractivity contribution is 0.122. The van der Waals surface area contributed by atoms with Crippen molar-refractivity contribution < 1.29 is 18.3 Å². The average molecular weight is 339 g/mol. The van der Waals surface area contributed by atoms with Gasteiger partial charge in [0.1, 0.15) is 0 Å². The van der Waals surface area contributed by atoms with E-state index in [0.717, 1.165) is 44.1 Å². The summed E-state index contributed by atoms with van der Waals surface area (Å²) in [5.41, 5.74) is 1.16. The smallest absolute Gasteiger partial charge is 0.407 e. The molecule has 23 heavy (non-hydrogen) atoms. The minimum absolute atomic E-state index is 0.367. The fourth-order valence-corrected chi connectivity index (χ4v) is 3.71. The monoisotopic (exact) mass is 339 g/mol. The lowest BCUT2D eigenvalue weighted by atomic mass is 9.91. The van der Waals surface area contributed by atoms with Crippen LogP contribution in [-0.4, -0.2) is 43.9 Å². The van der Waals surface area contributed by atoms with Crippen LogP contribution in [0.1, 0.15) is 37.7 Å². The summed E-state index contributed by atoms with van der Waals surface area (Å²) in [6, 6.07) is 7.13. The molecule has 128 valence electrons. The standard InChI is InChI=1S/C17H25NO4S/c1-23(21,22)16-8-6-14(7-9-16)4-2-3-5-15-10-12-18(13-11-15)17(19)20/h6-9,15H,2-5,10-13H2,1H3,(H,19,20). The third-order valence-corrected chi connectivity index (χ3v) is 5.69. The Bertz CT molecular complexity index is 616. The van der Waals surface area contributed by atoms with Gasteiger partial charge in [0.15, 0.2) is 9.84 Å². The van der Waals surface area contributed by atoms with E-state index in [1.165, 1.54) is 11.2 Å². The molecule has 6 heteroatoms. The maximum absolute atomic E-state index is 11.4. The van der Waals surface area contributed by atoms with Crippen molar-refractivity contribution in [3.8, 4) is 0 Å². The van der Waals surface area contributed by atoms with E-state index < -0.39 is 15.9 Å². The van der Waals surface area contributed by atoms with E-state index in [1.54, 1.807) is 12.1 Å². The van der Waals surface area contributed by atoms with Crippen LogP contribution in [0.5, 0.6) is 0 Å². The Morgan fingerprint density at radius 2 is 1.78 bits per heavy atom. The Balaban J connectivity index is 1.67. The Hall–Kier alpha value is -1.56. The normalized spacial score (nSPS) is 16.5. The van der Waals surface area contributed by atoms with E-state index in [0.29, 0.717) is 23.9 Å². The number of rotatable bonds is 6. The Kier molecular flexibility index (Phi) is 6.04. The Morgan fingerprint density at radius 3 is 2.30 bits per heavy atom. The van der Waals surface area contributed by atoms with Gasteiger partial charge in [-0.15, -0.1) is 0 Å². The highest BCUT2D eigenvalue weighted by atomic mass is 32.2. The van der Waals surface area contributed by atoms with E-state index in [2.05, 4.69) is 0 Å². The van der Waals surface area contributed by atoms with E-state index in [1.807, 2.05) is 12.1 Å². The fraction of sp³-hybridized carbons (Fsp3) is 0.588. The zero-order valence-electron chi connectivity index (χ0n) is 13.6. The second kappa shape index (κ2) is 7.81. The highest BCUT2D eigenvalue weighted by molar-refractivity contribution is 7.90. The lowest BCUT2D eigenvalue weighted by Gasteiger charge is -2.29. The quantitative estimate of drug-likeness (QED) is 0.808. The summed E-state index contributed by atoms with van der Waals surface area (Å²) >= 11 is 0. The van der Waals surface area contributed by atoms with Crippen LogP contribution in [0.4, 0.5) is 4.79 Å². The molecule has 0 radical (unpaired) electrons. The number of nitrogens with zero attached hydrogens (tertiary/aromatic N) is 1. The molecule has 1 N–H and O–H groups in total. The molecular formula is C17H25NO4S. The molecule has 0 saturated carbocycles. The van der Waals surface area contributed by atoms with E-state index >= 15 is 0 Å². The molecule has 1 amide bonds. The number of hydrogen-bond acceptors (Lipinski definition) is 3. The van der Waals surface area contributed by atoms with Crippen LogP contribution in [0.25, 0.3) is 0 Å². The van der Waals surface area contributed by atoms with Gasteiger partial charge >= 0.3 is 6.09 Å². The second-order valence-electron chi connectivity index (χ2n) is 6.37. The molecule has 0 aromatic heterocycles. The summed E-state index contributed by atoms with van der Waals surface area (Å²) in [5, 5.41) is 8.92. The number of carboxylic acid groups (broad SMARTS) is 1. The first-order valence-corrected chi connectivity index (χ1v) is 10.0. The van der Waals surface area contributed by atoms with E-state index in [9.17, 15) is 13.2 Å². The fourth-order valence-electron chi connectivity index (χ4n) is 3.08. The third-order valence-electron chi connectivity index (χ3n) is 4.56. The van der Waals surface area contributed by atoms with Crippen molar-refractivity contribution in [3.05, 3.63) is 29.8 Å². The first-order valence-electron chi connectivity index (χ1n) is 8.13. The van der Waals surface area contributed by atoms with Gasteiger partial charge in [-0.1, -0.05) is 25.0 Å². The summed E-state index contributed by atoms with van der Waals surface area (Å²) in [5.74, 6) is 0.637. The molecule has 0 unspecified atom stereocenters. The third kappa shape index (κ3) is 5.53. The zero-order valence-corrected chi connectivity index (χ0v) is 14.4. The largest absolute Gasteiger partial charge is 0.465 e. The molecule has 2 rings (SSSR count). The van der Waals surface area contributed by atoms with Crippen LogP contribution in [0.3, 0.4) is 0 Å². The van der Waals surface area contributed by atoms with Crippen molar-refractivity contribution in [2.24, 2.45) is 5.92 Å². The van der Waals surface area contributed by atoms with Crippen LogP contribution in [0.2, 0.25) is 0 Å². The molecule has 0 spiro atoms. The maximum atomic E-state index is 11.4. The van der Waals surface area contributed by atoms with Gasteiger partial charge in [0.05, 0.1) is 4.90 Å². The van der Waals surface area contributed by atoms with Crippen LogP contribution < -0.4 is 0 Å². The molecule has 1 aliphatic rings. The number of piperidine rings is 1. The van der Waals surface area contributed by atoms with E-state index in [4.69, 9.17) is 5.11 Å². The van der Waals surface area contributed by atoms with E-state index in [-0.39, 0.29) is 0 Å². The van der Waals surface area contributed by atoms with Gasteiger partial charge < -0.3 is 10.0 Å². The van der Waals surface area contributed by atoms with Crippen molar-refractivity contribution >= 4 is 15.9 Å². The highest BCUT2D eigenvalue weighted by Crippen LogP contribution is 2.23. The molecule has 1 fully saturated rings. The molecule has 5 nitrogen and oxygen atoms in total. The minimum atomic E-state index is -3.12. The Labute approximate surface area is 138 Å². The van der Waals surface area contributed by atoms with Crippen LogP contribution in [0, 0.1) is 5.92 Å². The molecule has 1 heterocycles. The number of benzene rings is 1. The van der Waals surface area contributed by atoms with Crippen molar-refractivity contribution in [3.63, 3.8) is 0 Å². The van der Waals surface area contributed by atoms with Crippen LogP contribution in [-0.2, 0) is 16.3 Å². The summed E-state index contributed by atoms with van der Waals surface area (Å²) in [6.07, 6.45) is 6.67. The number of hydrogen-bond donors (Lipinski definition) is 1. The van der Waals surface area contributed by atoms with Gasteiger partial charge in [-0.3, -0.25) is 0 Å². The first-order chi connectivity index (χ1) is 10.9. The van der Waals surface area contributed by atoms with Crippen molar-refractivity contribution in [1.82, 2.24) is 4.90 Å². The van der Waals surface area contributed by atoms with Gasteiger partial charge in [0.2, 0.25) is 0 Å². The molecule has 1 aromatic carbocycles. The van der Waals surface area contributed by atoms with Crippen molar-refractivity contribution in [2.75, 3.05) is 19.3 Å². The number of aryl methyl sites for hydroxylation is 1. The molecule has 0 atom stereocenters. The van der Waals surface area contributed by atoms with Crippen molar-refractivity contribution in [1.29, 1.82) is 0 Å². The summed E-state index contributed by atoms with van der Waals surface area (Å²) < 4.78 is 22.8. The minimum Gasteiger partial charge on any atom is -0.465 e. The summed E-state index contributed by atoms with van der Waals surface area (Å²) in [4.78, 5) is 12.7. The van der Waals surface area contributed by atoms with Crippen molar-refractivity contribution in [2.45, 2.75) is 43.4 Å². The molecule has 1 aliphatic heterocycles. The number of carbonyl (C=O) groups is 1. The second-order valence-corrected chi connectivity index (χ2v) is 8.39. The predicted molar refractivity (Wildman–Crippen MR) is 89.4 cm³/mol. The van der Waals surface area contributed by atoms with Gasteiger partial charge in [0.25, 0.3) is 0 Å². The summed E-state index contributed by atoms with van der Waals surface area (Å²) in [7, 11) is -3.12. The highest BCUT2D eigenvalue weighted by Gasteiger charge is 2.21. The topological polar surface area (TPSA) is 74.7 Å². The first kappa shape index (κ1) is 17.8. The number of sulfone groups is 1. The summed E-state index contributed by atoms with van der Waals surface area (Å²) in [6.45, 7) is 1.32. The average Bonchev–Trinajstić information content (AvgIpc) is 2.51. The predicted octanol–water partition coefficient (Wildman–Crippen LogP) is 3.19. The number of likely N-dealkylation sites (tertiary alicyclic amines) is 1. The molecule has 0 bridgehead atoms.